The molecule has 0 N–H and O–H groups in total. The normalized spacial score (nSPS) is 10.7. The molecule has 0 fully saturated rings. The predicted molar refractivity (Wildman–Crippen MR) is 54.2 cm³/mol. The Kier molecular flexibility index (Phi) is 4.03. The Balaban J connectivity index is 3.44. The molecule has 0 aliphatic rings. The van der Waals surface area contributed by atoms with E-state index in [4.69, 9.17) is 16.9 Å². The van der Waals surface area contributed by atoms with Gasteiger partial charge in [-0.25, -0.2) is 4.79 Å². The van der Waals surface area contributed by atoms with Gasteiger partial charge in [0.2, 0.25) is 0 Å². The van der Waals surface area contributed by atoms with Crippen molar-refractivity contribution in [2.24, 2.45) is 0 Å². The molecule has 0 amide bonds. The molecule has 18 heavy (non-hydrogen) atoms. The largest absolute Gasteiger partial charge is 0.573 e. The summed E-state index contributed by atoms with van der Waals surface area (Å²) in [7, 11) is 0.960. The summed E-state index contributed by atoms with van der Waals surface area (Å²) in [4.78, 5) is 11.4. The lowest BCUT2D eigenvalue weighted by Gasteiger charge is -2.13. The van der Waals surface area contributed by atoms with E-state index in [-0.39, 0.29) is 5.02 Å². The third kappa shape index (κ3) is 3.05. The Morgan fingerprint density at radius 1 is 1.44 bits per heavy atom. The lowest BCUT2D eigenvalue weighted by atomic mass is 10.1. The fraction of sp³-hybridized carbons (Fsp3) is 0.200. The fourth-order valence-electron chi connectivity index (χ4n) is 1.18. The third-order valence-electron chi connectivity index (χ3n) is 1.84. The molecule has 0 saturated heterocycles. The van der Waals surface area contributed by atoms with E-state index in [0.29, 0.717) is 0 Å². The minimum atomic E-state index is -5.00. The number of halogens is 4. The van der Waals surface area contributed by atoms with Gasteiger partial charge in [0, 0.05) is 0 Å². The van der Waals surface area contributed by atoms with Crippen LogP contribution in [0.2, 0.25) is 5.02 Å². The quantitative estimate of drug-likeness (QED) is 0.781. The number of nitriles is 1. The van der Waals surface area contributed by atoms with Crippen molar-refractivity contribution in [2.75, 3.05) is 7.11 Å². The number of methoxy groups -OCH3 is 1. The monoisotopic (exact) mass is 279 g/mol. The highest BCUT2D eigenvalue weighted by Crippen LogP contribution is 2.32. The van der Waals surface area contributed by atoms with Gasteiger partial charge in [0.05, 0.1) is 17.7 Å². The first-order chi connectivity index (χ1) is 8.30. The minimum Gasteiger partial charge on any atom is -0.465 e. The Morgan fingerprint density at radius 3 is 2.50 bits per heavy atom. The highest BCUT2D eigenvalue weighted by Gasteiger charge is 2.34. The van der Waals surface area contributed by atoms with Crippen molar-refractivity contribution < 1.29 is 27.4 Å². The van der Waals surface area contributed by atoms with Gasteiger partial charge in [0.25, 0.3) is 0 Å². The Bertz CT molecular complexity index is 522. The number of esters is 1. The Hall–Kier alpha value is -1.94. The molecular weight excluding hydrogens is 275 g/mol. The van der Waals surface area contributed by atoms with Crippen LogP contribution in [-0.4, -0.2) is 19.4 Å². The average molecular weight is 280 g/mol. The van der Waals surface area contributed by atoms with Crippen LogP contribution in [0.3, 0.4) is 0 Å². The summed E-state index contributed by atoms with van der Waals surface area (Å²) < 4.78 is 44.3. The number of hydrogen-bond acceptors (Lipinski definition) is 4. The average Bonchev–Trinajstić information content (AvgIpc) is 2.28. The van der Waals surface area contributed by atoms with Gasteiger partial charge in [-0.1, -0.05) is 11.6 Å². The van der Waals surface area contributed by atoms with Crippen molar-refractivity contribution in [3.8, 4) is 11.8 Å². The van der Waals surface area contributed by atoms with Crippen molar-refractivity contribution in [1.29, 1.82) is 5.26 Å². The molecular formula is C10H5ClF3NO3. The highest BCUT2D eigenvalue weighted by molar-refractivity contribution is 6.32. The van der Waals surface area contributed by atoms with Crippen molar-refractivity contribution in [1.82, 2.24) is 0 Å². The van der Waals surface area contributed by atoms with Crippen LogP contribution in [0.25, 0.3) is 0 Å². The van der Waals surface area contributed by atoms with Gasteiger partial charge in [-0.3, -0.25) is 0 Å². The SMILES string of the molecule is COC(=O)c1c(OC(F)(F)F)ccc(Cl)c1C#N. The van der Waals surface area contributed by atoms with E-state index in [9.17, 15) is 18.0 Å². The minimum absolute atomic E-state index is 0.174. The third-order valence-corrected chi connectivity index (χ3v) is 2.16. The van der Waals surface area contributed by atoms with E-state index in [1.54, 1.807) is 0 Å². The number of carbonyl (C=O) groups excluding carboxylic acids is 1. The number of benzene rings is 1. The maximum absolute atomic E-state index is 12.1. The Morgan fingerprint density at radius 2 is 2.06 bits per heavy atom. The zero-order valence-corrected chi connectivity index (χ0v) is 9.59. The molecule has 0 aromatic heterocycles. The summed E-state index contributed by atoms with van der Waals surface area (Å²) in [6.07, 6.45) is -5.00. The van der Waals surface area contributed by atoms with Gasteiger partial charge in [-0.05, 0) is 12.1 Å². The maximum atomic E-state index is 12.1. The predicted octanol–water partition coefficient (Wildman–Crippen LogP) is 2.90. The van der Waals surface area contributed by atoms with Crippen molar-refractivity contribution in [3.05, 3.63) is 28.3 Å². The summed E-state index contributed by atoms with van der Waals surface area (Å²) in [6, 6.07) is 3.38. The van der Waals surface area contributed by atoms with E-state index >= 15 is 0 Å². The van der Waals surface area contributed by atoms with E-state index in [2.05, 4.69) is 9.47 Å². The summed E-state index contributed by atoms with van der Waals surface area (Å²) >= 11 is 5.61. The fourth-order valence-corrected chi connectivity index (χ4v) is 1.38. The van der Waals surface area contributed by atoms with E-state index in [1.165, 1.54) is 6.07 Å². The molecule has 0 atom stereocenters. The number of carbonyl (C=O) groups is 1. The molecule has 0 saturated carbocycles. The zero-order valence-electron chi connectivity index (χ0n) is 8.84. The molecule has 0 unspecified atom stereocenters. The van der Waals surface area contributed by atoms with Crippen LogP contribution in [0.1, 0.15) is 15.9 Å². The van der Waals surface area contributed by atoms with Crippen molar-refractivity contribution >= 4 is 17.6 Å². The molecule has 0 heterocycles. The molecule has 0 spiro atoms. The first-order valence-corrected chi connectivity index (χ1v) is 4.74. The van der Waals surface area contributed by atoms with Crippen molar-refractivity contribution in [3.63, 3.8) is 0 Å². The standard InChI is InChI=1S/C10H5ClF3NO3/c1-17-9(16)8-5(4-15)6(11)2-3-7(8)18-10(12,13)14/h2-3H,1H3. The molecule has 8 heteroatoms. The number of nitrogens with zero attached hydrogens (tertiary/aromatic N) is 1. The van der Waals surface area contributed by atoms with Crippen LogP contribution in [0.4, 0.5) is 13.2 Å². The number of rotatable bonds is 2. The summed E-state index contributed by atoms with van der Waals surface area (Å²) in [5, 5.41) is 8.61. The topological polar surface area (TPSA) is 59.3 Å². The van der Waals surface area contributed by atoms with Gasteiger partial charge < -0.3 is 9.47 Å². The zero-order chi connectivity index (χ0) is 13.9. The van der Waals surface area contributed by atoms with Gasteiger partial charge in [0.15, 0.2) is 0 Å². The highest BCUT2D eigenvalue weighted by atomic mass is 35.5. The molecule has 0 radical (unpaired) electrons. The van der Waals surface area contributed by atoms with E-state index in [0.717, 1.165) is 19.2 Å². The molecule has 4 nitrogen and oxygen atoms in total. The van der Waals surface area contributed by atoms with Crippen molar-refractivity contribution in [2.45, 2.75) is 6.36 Å². The van der Waals surface area contributed by atoms with E-state index in [1.807, 2.05) is 0 Å². The van der Waals surface area contributed by atoms with Crippen LogP contribution in [0, 0.1) is 11.3 Å². The van der Waals surface area contributed by atoms with Crippen LogP contribution < -0.4 is 4.74 Å². The molecule has 0 aliphatic carbocycles. The maximum Gasteiger partial charge on any atom is 0.573 e. The molecule has 1 rings (SSSR count). The summed E-state index contributed by atoms with van der Waals surface area (Å²) in [5.41, 5.74) is -1.10. The molecule has 96 valence electrons. The number of hydrogen-bond donors (Lipinski definition) is 0. The second-order valence-corrected chi connectivity index (χ2v) is 3.35. The van der Waals surface area contributed by atoms with Gasteiger partial charge in [-0.2, -0.15) is 5.26 Å². The molecule has 1 aromatic carbocycles. The summed E-state index contributed by atoms with van der Waals surface area (Å²) in [6.45, 7) is 0. The lowest BCUT2D eigenvalue weighted by Crippen LogP contribution is -2.20. The lowest BCUT2D eigenvalue weighted by molar-refractivity contribution is -0.274. The second kappa shape index (κ2) is 5.14. The summed E-state index contributed by atoms with van der Waals surface area (Å²) in [5.74, 6) is -1.98. The van der Waals surface area contributed by atoms with E-state index < -0.39 is 29.2 Å². The molecule has 1 aromatic rings. The van der Waals surface area contributed by atoms with Gasteiger partial charge in [0.1, 0.15) is 17.4 Å². The van der Waals surface area contributed by atoms with Gasteiger partial charge in [-0.15, -0.1) is 13.2 Å². The number of alkyl halides is 3. The van der Waals surface area contributed by atoms with Crippen LogP contribution >= 0.6 is 11.6 Å². The van der Waals surface area contributed by atoms with Crippen LogP contribution in [0.5, 0.6) is 5.75 Å². The first-order valence-electron chi connectivity index (χ1n) is 4.36. The molecule has 0 bridgehead atoms. The smallest absolute Gasteiger partial charge is 0.465 e. The first kappa shape index (κ1) is 14.1. The molecule has 0 aliphatic heterocycles. The Labute approximate surface area is 104 Å². The van der Waals surface area contributed by atoms with Gasteiger partial charge >= 0.3 is 12.3 Å². The second-order valence-electron chi connectivity index (χ2n) is 2.95. The van der Waals surface area contributed by atoms with Crippen LogP contribution in [-0.2, 0) is 4.74 Å². The number of ether oxygens (including phenoxy) is 2. The van der Waals surface area contributed by atoms with Crippen LogP contribution in [0.15, 0.2) is 12.1 Å².